The number of hydrogen-bond acceptors (Lipinski definition) is 7. The van der Waals surface area contributed by atoms with Crippen LogP contribution in [0.1, 0.15) is 43.0 Å². The third-order valence-electron chi connectivity index (χ3n) is 6.22. The predicted octanol–water partition coefficient (Wildman–Crippen LogP) is 5.44. The zero-order valence-electron chi connectivity index (χ0n) is 20.6. The summed E-state index contributed by atoms with van der Waals surface area (Å²) in [5, 5.41) is 5.25. The molecule has 1 unspecified atom stereocenters. The van der Waals surface area contributed by atoms with Gasteiger partial charge in [-0.15, -0.1) is 0 Å². The maximum Gasteiger partial charge on any atom is 0.229 e. The second kappa shape index (κ2) is 11.3. The standard InChI is InChI=1S/C27H35N5O2/c1-5-31(6-2)15-17-33-26-20(3)18-23(19-21(26)4)29-27-28-14-12-25(30-27)32-24(13-16-34-32)22-10-8-7-9-11-22/h7-12,14,18-19,24H,5-6,13,15-17H2,1-4H3,(H,28,29,30). The van der Waals surface area contributed by atoms with Crippen LogP contribution in [0.15, 0.2) is 54.7 Å². The molecule has 2 aromatic carbocycles. The fraction of sp³-hybridized carbons (Fsp3) is 0.407. The van der Waals surface area contributed by atoms with Crippen LogP contribution in [0.25, 0.3) is 0 Å². The summed E-state index contributed by atoms with van der Waals surface area (Å²) < 4.78 is 6.12. The van der Waals surface area contributed by atoms with Gasteiger partial charge in [-0.05, 0) is 55.8 Å². The molecule has 7 heteroatoms. The molecular formula is C27H35N5O2. The molecule has 1 N–H and O–H groups in total. The Morgan fingerprint density at radius 2 is 1.82 bits per heavy atom. The van der Waals surface area contributed by atoms with Crippen molar-refractivity contribution >= 4 is 17.5 Å². The summed E-state index contributed by atoms with van der Waals surface area (Å²) in [6, 6.07) is 16.6. The number of nitrogens with zero attached hydrogens (tertiary/aromatic N) is 4. The number of ether oxygens (including phenoxy) is 1. The second-order valence-electron chi connectivity index (χ2n) is 8.55. The smallest absolute Gasteiger partial charge is 0.229 e. The minimum Gasteiger partial charge on any atom is -0.492 e. The molecule has 0 amide bonds. The Bertz CT molecular complexity index is 1050. The zero-order chi connectivity index (χ0) is 23.9. The van der Waals surface area contributed by atoms with Crippen molar-refractivity contribution in [2.45, 2.75) is 40.2 Å². The highest BCUT2D eigenvalue weighted by Crippen LogP contribution is 2.34. The zero-order valence-corrected chi connectivity index (χ0v) is 20.6. The van der Waals surface area contributed by atoms with Crippen molar-refractivity contribution in [1.29, 1.82) is 0 Å². The molecule has 1 aromatic heterocycles. The van der Waals surface area contributed by atoms with Crippen LogP contribution in [0.2, 0.25) is 0 Å². The first-order valence-electron chi connectivity index (χ1n) is 12.1. The third-order valence-corrected chi connectivity index (χ3v) is 6.22. The first kappa shape index (κ1) is 24.0. The Balaban J connectivity index is 1.46. The topological polar surface area (TPSA) is 62.8 Å². The molecule has 1 fully saturated rings. The summed E-state index contributed by atoms with van der Waals surface area (Å²) in [7, 11) is 0. The van der Waals surface area contributed by atoms with E-state index in [1.54, 1.807) is 6.20 Å². The average molecular weight is 462 g/mol. The lowest BCUT2D eigenvalue weighted by molar-refractivity contribution is 0.157. The minimum absolute atomic E-state index is 0.140. The van der Waals surface area contributed by atoms with Crippen LogP contribution in [-0.4, -0.2) is 47.7 Å². The number of hydroxylamine groups is 1. The molecule has 2 heterocycles. The largest absolute Gasteiger partial charge is 0.492 e. The van der Waals surface area contributed by atoms with Crippen molar-refractivity contribution < 1.29 is 9.57 Å². The maximum absolute atomic E-state index is 6.12. The molecule has 4 rings (SSSR count). The van der Waals surface area contributed by atoms with Crippen LogP contribution in [0.4, 0.5) is 17.5 Å². The lowest BCUT2D eigenvalue weighted by Gasteiger charge is -2.24. The van der Waals surface area contributed by atoms with Gasteiger partial charge in [-0.25, -0.2) is 10.0 Å². The monoisotopic (exact) mass is 461 g/mol. The van der Waals surface area contributed by atoms with Gasteiger partial charge in [-0.2, -0.15) is 4.98 Å². The highest BCUT2D eigenvalue weighted by Gasteiger charge is 2.29. The minimum atomic E-state index is 0.140. The molecule has 0 aliphatic carbocycles. The Hall–Kier alpha value is -3.16. The Kier molecular flexibility index (Phi) is 7.98. The highest BCUT2D eigenvalue weighted by molar-refractivity contribution is 5.61. The van der Waals surface area contributed by atoms with E-state index in [1.165, 1.54) is 5.56 Å². The van der Waals surface area contributed by atoms with Crippen LogP contribution < -0.4 is 15.1 Å². The normalized spacial score (nSPS) is 15.7. The summed E-state index contributed by atoms with van der Waals surface area (Å²) in [5.41, 5.74) is 4.33. The van der Waals surface area contributed by atoms with Crippen molar-refractivity contribution in [3.63, 3.8) is 0 Å². The van der Waals surface area contributed by atoms with Gasteiger partial charge in [0, 0.05) is 30.9 Å². The molecule has 34 heavy (non-hydrogen) atoms. The van der Waals surface area contributed by atoms with E-state index >= 15 is 0 Å². The fourth-order valence-electron chi connectivity index (χ4n) is 4.40. The Morgan fingerprint density at radius 1 is 1.09 bits per heavy atom. The Labute approximate surface area is 202 Å². The molecule has 0 bridgehead atoms. The predicted molar refractivity (Wildman–Crippen MR) is 137 cm³/mol. The summed E-state index contributed by atoms with van der Waals surface area (Å²) in [6.07, 6.45) is 2.68. The summed E-state index contributed by atoms with van der Waals surface area (Å²) >= 11 is 0. The van der Waals surface area contributed by atoms with Gasteiger partial charge >= 0.3 is 0 Å². The lowest BCUT2D eigenvalue weighted by atomic mass is 10.0. The first-order chi connectivity index (χ1) is 16.6. The SMILES string of the molecule is CCN(CC)CCOc1c(C)cc(Nc2nccc(N3OCCC3c3ccccc3)n2)cc1C. The van der Waals surface area contributed by atoms with E-state index < -0.39 is 0 Å². The first-order valence-corrected chi connectivity index (χ1v) is 12.1. The molecule has 180 valence electrons. The molecule has 1 aliphatic rings. The van der Waals surface area contributed by atoms with Gasteiger partial charge in [0.1, 0.15) is 12.4 Å². The molecule has 1 aliphatic heterocycles. The maximum atomic E-state index is 6.12. The van der Waals surface area contributed by atoms with Crippen molar-refractivity contribution in [3.05, 3.63) is 71.4 Å². The van der Waals surface area contributed by atoms with Crippen LogP contribution in [0.3, 0.4) is 0 Å². The summed E-state index contributed by atoms with van der Waals surface area (Å²) in [6.45, 7) is 12.8. The van der Waals surface area contributed by atoms with Crippen molar-refractivity contribution in [2.24, 2.45) is 0 Å². The summed E-state index contributed by atoms with van der Waals surface area (Å²) in [5.74, 6) is 2.23. The van der Waals surface area contributed by atoms with Crippen molar-refractivity contribution in [1.82, 2.24) is 14.9 Å². The van der Waals surface area contributed by atoms with Gasteiger partial charge in [0.2, 0.25) is 5.95 Å². The summed E-state index contributed by atoms with van der Waals surface area (Å²) in [4.78, 5) is 17.5. The van der Waals surface area contributed by atoms with Crippen LogP contribution in [0.5, 0.6) is 5.75 Å². The van der Waals surface area contributed by atoms with E-state index in [9.17, 15) is 0 Å². The number of hydrogen-bond donors (Lipinski definition) is 1. The third kappa shape index (κ3) is 5.66. The van der Waals surface area contributed by atoms with Gasteiger partial charge in [0.25, 0.3) is 0 Å². The number of likely N-dealkylation sites (N-methyl/N-ethyl adjacent to an activating group) is 1. The van der Waals surface area contributed by atoms with Crippen LogP contribution in [-0.2, 0) is 4.84 Å². The van der Waals surface area contributed by atoms with Gasteiger partial charge in [0.15, 0.2) is 5.82 Å². The number of nitrogens with one attached hydrogen (secondary N) is 1. The van der Waals surface area contributed by atoms with Gasteiger partial charge in [0.05, 0.1) is 12.6 Å². The van der Waals surface area contributed by atoms with E-state index in [4.69, 9.17) is 14.6 Å². The molecular weight excluding hydrogens is 426 g/mol. The van der Waals surface area contributed by atoms with Gasteiger partial charge < -0.3 is 15.0 Å². The molecule has 0 saturated carbocycles. The quantitative estimate of drug-likeness (QED) is 0.431. The molecule has 1 saturated heterocycles. The average Bonchev–Trinajstić information content (AvgIpc) is 3.34. The Morgan fingerprint density at radius 3 is 2.53 bits per heavy atom. The molecule has 3 aromatic rings. The highest BCUT2D eigenvalue weighted by atomic mass is 16.7. The molecule has 0 radical (unpaired) electrons. The fourth-order valence-corrected chi connectivity index (χ4v) is 4.40. The van der Waals surface area contributed by atoms with Crippen LogP contribution >= 0.6 is 0 Å². The van der Waals surface area contributed by atoms with E-state index in [0.717, 1.165) is 54.4 Å². The molecule has 1 atom stereocenters. The van der Waals surface area contributed by atoms with E-state index in [0.29, 0.717) is 19.2 Å². The van der Waals surface area contributed by atoms with Crippen molar-refractivity contribution in [2.75, 3.05) is 43.2 Å². The van der Waals surface area contributed by atoms with Crippen LogP contribution in [0, 0.1) is 13.8 Å². The molecule has 7 nitrogen and oxygen atoms in total. The lowest BCUT2D eigenvalue weighted by Crippen LogP contribution is -2.28. The van der Waals surface area contributed by atoms with E-state index in [1.807, 2.05) is 17.2 Å². The van der Waals surface area contributed by atoms with Gasteiger partial charge in [-0.1, -0.05) is 44.2 Å². The number of benzene rings is 2. The number of anilines is 3. The molecule has 0 spiro atoms. The van der Waals surface area contributed by atoms with Crippen molar-refractivity contribution in [3.8, 4) is 5.75 Å². The van der Waals surface area contributed by atoms with E-state index in [-0.39, 0.29) is 6.04 Å². The van der Waals surface area contributed by atoms with E-state index in [2.05, 4.69) is 79.3 Å². The second-order valence-corrected chi connectivity index (χ2v) is 8.55. The van der Waals surface area contributed by atoms with Gasteiger partial charge in [-0.3, -0.25) is 4.84 Å². The number of aryl methyl sites for hydroxylation is 2. The number of aromatic nitrogens is 2. The number of rotatable bonds is 10.